The highest BCUT2D eigenvalue weighted by molar-refractivity contribution is 7.07. The van der Waals surface area contributed by atoms with Crippen molar-refractivity contribution in [3.8, 4) is 0 Å². The number of rotatable bonds is 7. The maximum atomic E-state index is 11.7. The Morgan fingerprint density at radius 3 is 2.74 bits per heavy atom. The Morgan fingerprint density at radius 1 is 1.22 bits per heavy atom. The Balaban J connectivity index is 1.67. The van der Waals surface area contributed by atoms with Crippen molar-refractivity contribution in [3.05, 3.63) is 56.2 Å². The summed E-state index contributed by atoms with van der Waals surface area (Å²) in [5.41, 5.74) is 1.84. The number of thiophene rings is 1. The zero-order valence-electron chi connectivity index (χ0n) is 12.2. The van der Waals surface area contributed by atoms with Crippen LogP contribution in [0, 0.1) is 0 Å². The molecule has 122 valence electrons. The lowest BCUT2D eigenvalue weighted by Gasteiger charge is -2.08. The SMILES string of the molecule is O=C(COC(=O)CCc1ccsc1)NCc1ccc(Cl)cc1Cl. The number of nitrogens with one attached hydrogen (secondary N) is 1. The van der Waals surface area contributed by atoms with E-state index in [-0.39, 0.29) is 25.5 Å². The molecule has 0 unspecified atom stereocenters. The van der Waals surface area contributed by atoms with E-state index in [0.29, 0.717) is 16.5 Å². The first-order chi connectivity index (χ1) is 11.0. The third-order valence-electron chi connectivity index (χ3n) is 3.05. The second-order valence-electron chi connectivity index (χ2n) is 4.80. The Labute approximate surface area is 148 Å². The molecule has 0 saturated carbocycles. The molecule has 0 aliphatic carbocycles. The molecule has 4 nitrogen and oxygen atoms in total. The first kappa shape index (κ1) is 17.8. The molecule has 7 heteroatoms. The molecule has 2 rings (SSSR count). The molecule has 1 aromatic carbocycles. The summed E-state index contributed by atoms with van der Waals surface area (Å²) >= 11 is 13.4. The molecule has 1 amide bonds. The summed E-state index contributed by atoms with van der Waals surface area (Å²) in [5.74, 6) is -0.768. The molecule has 1 N–H and O–H groups in total. The van der Waals surface area contributed by atoms with Gasteiger partial charge in [-0.1, -0.05) is 29.3 Å². The molecule has 1 heterocycles. The minimum Gasteiger partial charge on any atom is -0.456 e. The molecule has 0 aliphatic heterocycles. The average Bonchev–Trinajstić information content (AvgIpc) is 3.03. The summed E-state index contributed by atoms with van der Waals surface area (Å²) in [6, 6.07) is 6.99. The fourth-order valence-electron chi connectivity index (χ4n) is 1.81. The van der Waals surface area contributed by atoms with Crippen LogP contribution < -0.4 is 5.32 Å². The van der Waals surface area contributed by atoms with Crippen molar-refractivity contribution in [2.75, 3.05) is 6.61 Å². The molecule has 2 aromatic rings. The summed E-state index contributed by atoms with van der Waals surface area (Å²) < 4.78 is 4.94. The van der Waals surface area contributed by atoms with Gasteiger partial charge in [-0.25, -0.2) is 0 Å². The molecule has 0 aliphatic rings. The number of ether oxygens (including phenoxy) is 1. The normalized spacial score (nSPS) is 10.3. The first-order valence-corrected chi connectivity index (χ1v) is 8.62. The van der Waals surface area contributed by atoms with Crippen LogP contribution in [0.25, 0.3) is 0 Å². The molecule has 23 heavy (non-hydrogen) atoms. The lowest BCUT2D eigenvalue weighted by atomic mass is 10.2. The van der Waals surface area contributed by atoms with Crippen molar-refractivity contribution in [1.82, 2.24) is 5.32 Å². The third kappa shape index (κ3) is 6.22. The highest BCUT2D eigenvalue weighted by atomic mass is 35.5. The Kier molecular flexibility index (Phi) is 6.89. The minimum atomic E-state index is -0.393. The molecular formula is C16H15Cl2NO3S. The van der Waals surface area contributed by atoms with Gasteiger partial charge in [-0.15, -0.1) is 0 Å². The van der Waals surface area contributed by atoms with Gasteiger partial charge < -0.3 is 10.1 Å². The zero-order valence-corrected chi connectivity index (χ0v) is 14.5. The maximum Gasteiger partial charge on any atom is 0.306 e. The van der Waals surface area contributed by atoms with Crippen molar-refractivity contribution in [3.63, 3.8) is 0 Å². The highest BCUT2D eigenvalue weighted by Crippen LogP contribution is 2.20. The van der Waals surface area contributed by atoms with Gasteiger partial charge in [0.15, 0.2) is 6.61 Å². The van der Waals surface area contributed by atoms with Crippen LogP contribution in [0.2, 0.25) is 10.0 Å². The molecule has 0 fully saturated rings. The Morgan fingerprint density at radius 2 is 2.04 bits per heavy atom. The zero-order chi connectivity index (χ0) is 16.7. The summed E-state index contributed by atoms with van der Waals surface area (Å²) in [7, 11) is 0. The second kappa shape index (κ2) is 8.91. The molecular weight excluding hydrogens is 357 g/mol. The quantitative estimate of drug-likeness (QED) is 0.752. The third-order valence-corrected chi connectivity index (χ3v) is 4.37. The number of hydrogen-bond donors (Lipinski definition) is 1. The number of carbonyl (C=O) groups is 2. The van der Waals surface area contributed by atoms with E-state index in [1.54, 1.807) is 29.5 Å². The van der Waals surface area contributed by atoms with Crippen molar-refractivity contribution in [2.45, 2.75) is 19.4 Å². The monoisotopic (exact) mass is 371 g/mol. The predicted molar refractivity (Wildman–Crippen MR) is 91.9 cm³/mol. The Bertz CT molecular complexity index is 674. The number of hydrogen-bond acceptors (Lipinski definition) is 4. The van der Waals surface area contributed by atoms with Crippen LogP contribution >= 0.6 is 34.5 Å². The van der Waals surface area contributed by atoms with Crippen molar-refractivity contribution in [1.29, 1.82) is 0 Å². The summed E-state index contributed by atoms with van der Waals surface area (Å²) in [6.45, 7) is -0.0467. The van der Waals surface area contributed by atoms with Crippen molar-refractivity contribution < 1.29 is 14.3 Å². The van der Waals surface area contributed by atoms with Crippen LogP contribution in [0.3, 0.4) is 0 Å². The van der Waals surface area contributed by atoms with Crippen molar-refractivity contribution >= 4 is 46.4 Å². The molecule has 0 radical (unpaired) electrons. The number of aryl methyl sites for hydroxylation is 1. The van der Waals surface area contributed by atoms with Gasteiger partial charge in [0.1, 0.15) is 0 Å². The van der Waals surface area contributed by atoms with Crippen LogP contribution in [0.1, 0.15) is 17.5 Å². The fourth-order valence-corrected chi connectivity index (χ4v) is 2.99. The van der Waals surface area contributed by atoms with Crippen LogP contribution in [0.5, 0.6) is 0 Å². The minimum absolute atomic E-state index is 0.251. The van der Waals surface area contributed by atoms with E-state index in [9.17, 15) is 9.59 Å². The maximum absolute atomic E-state index is 11.7. The number of benzene rings is 1. The smallest absolute Gasteiger partial charge is 0.306 e. The van der Waals surface area contributed by atoms with Gasteiger partial charge in [0.25, 0.3) is 5.91 Å². The molecule has 0 bridgehead atoms. The molecule has 0 atom stereocenters. The van der Waals surface area contributed by atoms with E-state index in [1.165, 1.54) is 0 Å². The standard InChI is InChI=1S/C16H15Cl2NO3S/c17-13-3-2-12(14(18)7-13)8-19-15(20)9-22-16(21)4-1-11-5-6-23-10-11/h2-3,5-7,10H,1,4,8-9H2,(H,19,20). The molecule has 0 spiro atoms. The highest BCUT2D eigenvalue weighted by Gasteiger charge is 2.09. The number of amides is 1. The first-order valence-electron chi connectivity index (χ1n) is 6.92. The van der Waals surface area contributed by atoms with E-state index in [1.807, 2.05) is 16.8 Å². The lowest BCUT2D eigenvalue weighted by molar-refractivity contribution is -0.148. The van der Waals surface area contributed by atoms with Gasteiger partial charge in [0, 0.05) is 23.0 Å². The van der Waals surface area contributed by atoms with Crippen LogP contribution in [-0.4, -0.2) is 18.5 Å². The number of esters is 1. The van der Waals surface area contributed by atoms with Gasteiger partial charge in [-0.05, 0) is 46.5 Å². The topological polar surface area (TPSA) is 55.4 Å². The number of halogens is 2. The second-order valence-corrected chi connectivity index (χ2v) is 6.43. The molecule has 0 saturated heterocycles. The Hall–Kier alpha value is -1.56. The van der Waals surface area contributed by atoms with E-state index in [0.717, 1.165) is 11.1 Å². The summed E-state index contributed by atoms with van der Waals surface area (Å²) in [5, 5.41) is 7.59. The van der Waals surface area contributed by atoms with Crippen LogP contribution in [-0.2, 0) is 27.3 Å². The van der Waals surface area contributed by atoms with Crippen LogP contribution in [0.15, 0.2) is 35.0 Å². The lowest BCUT2D eigenvalue weighted by Crippen LogP contribution is -2.28. The summed E-state index contributed by atoms with van der Waals surface area (Å²) in [4.78, 5) is 23.3. The predicted octanol–water partition coefficient (Wildman–Crippen LogP) is 3.85. The molecule has 1 aromatic heterocycles. The van der Waals surface area contributed by atoms with Crippen LogP contribution in [0.4, 0.5) is 0 Å². The van der Waals surface area contributed by atoms with E-state index < -0.39 is 5.97 Å². The largest absolute Gasteiger partial charge is 0.456 e. The van der Waals surface area contributed by atoms with E-state index in [2.05, 4.69) is 5.32 Å². The van der Waals surface area contributed by atoms with Gasteiger partial charge in [0.05, 0.1) is 0 Å². The average molecular weight is 372 g/mol. The van der Waals surface area contributed by atoms with Gasteiger partial charge >= 0.3 is 5.97 Å². The fraction of sp³-hybridized carbons (Fsp3) is 0.250. The van der Waals surface area contributed by atoms with E-state index >= 15 is 0 Å². The van der Waals surface area contributed by atoms with Gasteiger partial charge in [-0.3, -0.25) is 9.59 Å². The summed E-state index contributed by atoms with van der Waals surface area (Å²) in [6.07, 6.45) is 0.872. The van der Waals surface area contributed by atoms with Crippen molar-refractivity contribution in [2.24, 2.45) is 0 Å². The van der Waals surface area contributed by atoms with E-state index in [4.69, 9.17) is 27.9 Å². The van der Waals surface area contributed by atoms with Gasteiger partial charge in [0.2, 0.25) is 0 Å². The number of carbonyl (C=O) groups excluding carboxylic acids is 2. The van der Waals surface area contributed by atoms with Gasteiger partial charge in [-0.2, -0.15) is 11.3 Å².